The van der Waals surface area contributed by atoms with Gasteiger partial charge in [-0.25, -0.2) is 4.98 Å². The maximum atomic E-state index is 12.1. The standard InChI is InChI=1S/C22H28N4O/c1-16(2)13-23-22(27)14-25(4)17(3)18-9-11-19(12-10-18)26-15-24-20-7-5-6-8-21(20)26/h5-12,15-17H,13-14H2,1-4H3,(H,23,27). The van der Waals surface area contributed by atoms with E-state index in [1.54, 1.807) is 0 Å². The number of carbonyl (C=O) groups is 1. The summed E-state index contributed by atoms with van der Waals surface area (Å²) < 4.78 is 2.09. The smallest absolute Gasteiger partial charge is 0.234 e. The van der Waals surface area contributed by atoms with E-state index in [4.69, 9.17) is 0 Å². The number of rotatable bonds is 7. The van der Waals surface area contributed by atoms with Gasteiger partial charge in [0.1, 0.15) is 6.33 Å². The number of nitrogens with one attached hydrogen (secondary N) is 1. The van der Waals surface area contributed by atoms with E-state index in [2.05, 4.69) is 70.9 Å². The third kappa shape index (κ3) is 4.55. The van der Waals surface area contributed by atoms with Crippen molar-refractivity contribution in [3.8, 4) is 5.69 Å². The predicted molar refractivity (Wildman–Crippen MR) is 110 cm³/mol. The Morgan fingerprint density at radius 2 is 1.81 bits per heavy atom. The van der Waals surface area contributed by atoms with E-state index < -0.39 is 0 Å². The van der Waals surface area contributed by atoms with Gasteiger partial charge in [0.2, 0.25) is 5.91 Å². The first kappa shape index (κ1) is 19.1. The molecule has 5 heteroatoms. The Kier molecular flexibility index (Phi) is 5.91. The Hall–Kier alpha value is -2.66. The SMILES string of the molecule is CC(C)CNC(=O)CN(C)C(C)c1ccc(-n2cnc3ccccc32)cc1. The van der Waals surface area contributed by atoms with Crippen molar-refractivity contribution in [3.63, 3.8) is 0 Å². The van der Waals surface area contributed by atoms with Crippen molar-refractivity contribution in [2.24, 2.45) is 5.92 Å². The number of fused-ring (bicyclic) bond motifs is 1. The average Bonchev–Trinajstić information content (AvgIpc) is 3.10. The second kappa shape index (κ2) is 8.35. The molecule has 1 amide bonds. The van der Waals surface area contributed by atoms with Crippen molar-refractivity contribution in [2.75, 3.05) is 20.1 Å². The second-order valence-electron chi connectivity index (χ2n) is 7.48. The Labute approximate surface area is 161 Å². The van der Waals surface area contributed by atoms with Gasteiger partial charge in [0.15, 0.2) is 0 Å². The molecule has 0 spiro atoms. The van der Waals surface area contributed by atoms with Gasteiger partial charge in [-0.1, -0.05) is 38.1 Å². The Balaban J connectivity index is 1.68. The van der Waals surface area contributed by atoms with Gasteiger partial charge in [-0.15, -0.1) is 0 Å². The normalized spacial score (nSPS) is 12.7. The third-order valence-corrected chi connectivity index (χ3v) is 4.87. The van der Waals surface area contributed by atoms with E-state index in [0.29, 0.717) is 19.0 Å². The van der Waals surface area contributed by atoms with Crippen LogP contribution in [-0.2, 0) is 4.79 Å². The molecule has 0 aliphatic heterocycles. The summed E-state index contributed by atoms with van der Waals surface area (Å²) >= 11 is 0. The predicted octanol–water partition coefficient (Wildman–Crippen LogP) is 3.79. The van der Waals surface area contributed by atoms with Crippen LogP contribution in [0, 0.1) is 5.92 Å². The number of nitrogens with zero attached hydrogens (tertiary/aromatic N) is 3. The molecule has 0 bridgehead atoms. The average molecular weight is 364 g/mol. The molecule has 27 heavy (non-hydrogen) atoms. The van der Waals surface area contributed by atoms with Crippen LogP contribution >= 0.6 is 0 Å². The lowest BCUT2D eigenvalue weighted by Crippen LogP contribution is -2.37. The molecular weight excluding hydrogens is 336 g/mol. The highest BCUT2D eigenvalue weighted by atomic mass is 16.2. The van der Waals surface area contributed by atoms with Crippen molar-refractivity contribution < 1.29 is 4.79 Å². The Morgan fingerprint density at radius 3 is 2.52 bits per heavy atom. The molecule has 1 unspecified atom stereocenters. The van der Waals surface area contributed by atoms with Gasteiger partial charge in [-0.2, -0.15) is 0 Å². The number of imidazole rings is 1. The fraction of sp³-hybridized carbons (Fsp3) is 0.364. The molecule has 0 radical (unpaired) electrons. The molecule has 2 aromatic carbocycles. The van der Waals surface area contributed by atoms with Crippen LogP contribution in [0.1, 0.15) is 32.4 Å². The fourth-order valence-electron chi connectivity index (χ4n) is 3.07. The highest BCUT2D eigenvalue weighted by molar-refractivity contribution is 5.78. The molecule has 5 nitrogen and oxygen atoms in total. The summed E-state index contributed by atoms with van der Waals surface area (Å²) in [4.78, 5) is 18.6. The van der Waals surface area contributed by atoms with E-state index in [0.717, 1.165) is 16.7 Å². The van der Waals surface area contributed by atoms with Gasteiger partial charge in [0.25, 0.3) is 0 Å². The number of hydrogen-bond donors (Lipinski definition) is 1. The van der Waals surface area contributed by atoms with Crippen LogP contribution in [0.4, 0.5) is 0 Å². The lowest BCUT2D eigenvalue weighted by molar-refractivity contribution is -0.122. The molecule has 0 aliphatic carbocycles. The van der Waals surface area contributed by atoms with Gasteiger partial charge in [-0.05, 0) is 49.7 Å². The summed E-state index contributed by atoms with van der Waals surface area (Å²) in [6.07, 6.45) is 1.86. The van der Waals surface area contributed by atoms with E-state index in [-0.39, 0.29) is 11.9 Å². The van der Waals surface area contributed by atoms with E-state index in [1.165, 1.54) is 5.56 Å². The van der Waals surface area contributed by atoms with Crippen LogP contribution in [0.3, 0.4) is 0 Å². The van der Waals surface area contributed by atoms with E-state index in [1.807, 2.05) is 31.6 Å². The third-order valence-electron chi connectivity index (χ3n) is 4.87. The second-order valence-corrected chi connectivity index (χ2v) is 7.48. The van der Waals surface area contributed by atoms with Crippen LogP contribution in [-0.4, -0.2) is 40.5 Å². The highest BCUT2D eigenvalue weighted by Crippen LogP contribution is 2.22. The van der Waals surface area contributed by atoms with Gasteiger partial charge in [0, 0.05) is 18.3 Å². The van der Waals surface area contributed by atoms with Gasteiger partial charge in [-0.3, -0.25) is 14.3 Å². The summed E-state index contributed by atoms with van der Waals surface area (Å²) in [5.41, 5.74) is 4.35. The molecule has 3 aromatic rings. The summed E-state index contributed by atoms with van der Waals surface area (Å²) in [7, 11) is 1.98. The molecule has 0 saturated carbocycles. The summed E-state index contributed by atoms with van der Waals surface area (Å²) in [5.74, 6) is 0.531. The topological polar surface area (TPSA) is 50.2 Å². The van der Waals surface area contributed by atoms with Crippen LogP contribution < -0.4 is 5.32 Å². The maximum Gasteiger partial charge on any atom is 0.234 e. The van der Waals surface area contributed by atoms with Crippen LogP contribution in [0.2, 0.25) is 0 Å². The zero-order chi connectivity index (χ0) is 19.4. The quantitative estimate of drug-likeness (QED) is 0.694. The van der Waals surface area contributed by atoms with Crippen molar-refractivity contribution in [1.82, 2.24) is 19.8 Å². The van der Waals surface area contributed by atoms with Gasteiger partial charge >= 0.3 is 0 Å². The lowest BCUT2D eigenvalue weighted by atomic mass is 10.1. The van der Waals surface area contributed by atoms with Crippen LogP contribution in [0.25, 0.3) is 16.7 Å². The van der Waals surface area contributed by atoms with Crippen LogP contribution in [0.5, 0.6) is 0 Å². The number of likely N-dealkylation sites (N-methyl/N-ethyl adjacent to an activating group) is 1. The molecule has 142 valence electrons. The molecule has 0 aliphatic rings. The Bertz CT molecular complexity index is 898. The van der Waals surface area contributed by atoms with Crippen molar-refractivity contribution in [3.05, 3.63) is 60.4 Å². The van der Waals surface area contributed by atoms with E-state index in [9.17, 15) is 4.79 Å². The van der Waals surface area contributed by atoms with Crippen molar-refractivity contribution >= 4 is 16.9 Å². The van der Waals surface area contributed by atoms with Gasteiger partial charge < -0.3 is 5.32 Å². The molecular formula is C22H28N4O. The monoisotopic (exact) mass is 364 g/mol. The number of benzene rings is 2. The molecule has 0 saturated heterocycles. The molecule has 1 heterocycles. The van der Waals surface area contributed by atoms with Gasteiger partial charge in [0.05, 0.1) is 17.6 Å². The summed E-state index contributed by atoms with van der Waals surface area (Å²) in [6.45, 7) is 7.42. The molecule has 3 rings (SSSR count). The molecule has 1 atom stereocenters. The van der Waals surface area contributed by atoms with Crippen molar-refractivity contribution in [2.45, 2.75) is 26.8 Å². The van der Waals surface area contributed by atoms with Crippen LogP contribution in [0.15, 0.2) is 54.9 Å². The van der Waals surface area contributed by atoms with E-state index >= 15 is 0 Å². The molecule has 1 aromatic heterocycles. The molecule has 1 N–H and O–H groups in total. The minimum absolute atomic E-state index is 0.0690. The molecule has 0 fully saturated rings. The summed E-state index contributed by atoms with van der Waals surface area (Å²) in [6, 6.07) is 16.7. The van der Waals surface area contributed by atoms with Crippen molar-refractivity contribution in [1.29, 1.82) is 0 Å². The first-order valence-corrected chi connectivity index (χ1v) is 9.45. The lowest BCUT2D eigenvalue weighted by Gasteiger charge is -2.25. The highest BCUT2D eigenvalue weighted by Gasteiger charge is 2.15. The zero-order valence-corrected chi connectivity index (χ0v) is 16.5. The summed E-state index contributed by atoms with van der Waals surface area (Å²) in [5, 5.41) is 2.97. The number of carbonyl (C=O) groups excluding carboxylic acids is 1. The minimum atomic E-state index is 0.0690. The fourth-order valence-corrected chi connectivity index (χ4v) is 3.07. The number of hydrogen-bond acceptors (Lipinski definition) is 3. The number of aromatic nitrogens is 2. The first-order chi connectivity index (χ1) is 13.0. The Morgan fingerprint density at radius 1 is 1.11 bits per heavy atom. The number of amides is 1. The number of para-hydroxylation sites is 2. The zero-order valence-electron chi connectivity index (χ0n) is 16.5. The largest absolute Gasteiger partial charge is 0.355 e. The maximum absolute atomic E-state index is 12.1. The first-order valence-electron chi connectivity index (χ1n) is 9.45. The minimum Gasteiger partial charge on any atom is -0.355 e.